The van der Waals surface area contributed by atoms with E-state index in [1.54, 1.807) is 6.08 Å². The zero-order chi connectivity index (χ0) is 6.91. The highest BCUT2D eigenvalue weighted by atomic mass is 16.1. The van der Waals surface area contributed by atoms with Crippen molar-refractivity contribution in [3.8, 4) is 0 Å². The summed E-state index contributed by atoms with van der Waals surface area (Å²) in [4.78, 5) is 10.7. The highest BCUT2D eigenvalue weighted by molar-refractivity contribution is 5.88. The van der Waals surface area contributed by atoms with Crippen LogP contribution < -0.4 is 5.32 Å². The lowest BCUT2D eigenvalue weighted by Crippen LogP contribution is -2.44. The molecule has 1 amide bonds. The molecule has 1 N–H and O–H groups in total. The maximum atomic E-state index is 10.7. The molecule has 2 nitrogen and oxygen atoms in total. The van der Waals surface area contributed by atoms with Crippen molar-refractivity contribution in [2.45, 2.75) is 25.8 Å². The highest BCUT2D eigenvalue weighted by Gasteiger charge is 2.20. The largest absolute Gasteiger partial charge is 0.347 e. The minimum Gasteiger partial charge on any atom is -0.347 e. The molecule has 0 saturated heterocycles. The third kappa shape index (κ3) is 1.56. The first-order valence-electron chi connectivity index (χ1n) is 3.09. The molecule has 0 atom stereocenters. The molecular formula is C7H11NO. The van der Waals surface area contributed by atoms with Gasteiger partial charge in [-0.3, -0.25) is 4.79 Å². The van der Waals surface area contributed by atoms with Gasteiger partial charge in [0.15, 0.2) is 0 Å². The molecule has 0 unspecified atom stereocenters. The van der Waals surface area contributed by atoms with E-state index in [9.17, 15) is 4.79 Å². The number of carbonyl (C=O) groups is 1. The normalized spacial score (nSPS) is 23.6. The van der Waals surface area contributed by atoms with Crippen molar-refractivity contribution in [1.29, 1.82) is 0 Å². The molecule has 0 spiro atoms. The Morgan fingerprint density at radius 3 is 2.67 bits per heavy atom. The fraction of sp³-hybridized carbons (Fsp3) is 0.571. The van der Waals surface area contributed by atoms with Crippen LogP contribution in [-0.4, -0.2) is 11.4 Å². The Kier molecular flexibility index (Phi) is 1.31. The van der Waals surface area contributed by atoms with Gasteiger partial charge in [-0.25, -0.2) is 0 Å². The molecule has 0 radical (unpaired) electrons. The van der Waals surface area contributed by atoms with E-state index in [0.717, 1.165) is 6.42 Å². The average molecular weight is 125 g/mol. The summed E-state index contributed by atoms with van der Waals surface area (Å²) in [6, 6.07) is 0. The van der Waals surface area contributed by atoms with Crippen molar-refractivity contribution < 1.29 is 4.79 Å². The van der Waals surface area contributed by atoms with Crippen LogP contribution >= 0.6 is 0 Å². The monoisotopic (exact) mass is 125 g/mol. The van der Waals surface area contributed by atoms with Gasteiger partial charge in [-0.1, -0.05) is 6.08 Å². The van der Waals surface area contributed by atoms with Crippen molar-refractivity contribution >= 4 is 5.91 Å². The Morgan fingerprint density at radius 1 is 1.67 bits per heavy atom. The Balaban J connectivity index is 2.68. The van der Waals surface area contributed by atoms with Crippen LogP contribution in [0.2, 0.25) is 0 Å². The van der Waals surface area contributed by atoms with Gasteiger partial charge in [0.25, 0.3) is 0 Å². The smallest absolute Gasteiger partial charge is 0.244 e. The lowest BCUT2D eigenvalue weighted by molar-refractivity contribution is -0.118. The van der Waals surface area contributed by atoms with E-state index in [1.165, 1.54) is 0 Å². The van der Waals surface area contributed by atoms with Crippen LogP contribution in [0.4, 0.5) is 0 Å². The standard InChI is InChI=1S/C7H11NO/c1-7(2)5-3-4-6(9)8-7/h3-4H,5H2,1-2H3,(H,8,9). The third-order valence-corrected chi connectivity index (χ3v) is 1.36. The van der Waals surface area contributed by atoms with Crippen molar-refractivity contribution in [1.82, 2.24) is 5.32 Å². The summed E-state index contributed by atoms with van der Waals surface area (Å²) in [7, 11) is 0. The number of carbonyl (C=O) groups excluding carboxylic acids is 1. The number of rotatable bonds is 0. The predicted octanol–water partition coefficient (Wildman–Crippen LogP) is 0.841. The first-order chi connectivity index (χ1) is 4.10. The predicted molar refractivity (Wildman–Crippen MR) is 36.0 cm³/mol. The molecule has 0 aromatic rings. The second kappa shape index (κ2) is 1.87. The van der Waals surface area contributed by atoms with Crippen molar-refractivity contribution in [2.24, 2.45) is 0 Å². The first-order valence-corrected chi connectivity index (χ1v) is 3.09. The second-order valence-corrected chi connectivity index (χ2v) is 2.98. The van der Waals surface area contributed by atoms with E-state index in [4.69, 9.17) is 0 Å². The van der Waals surface area contributed by atoms with E-state index < -0.39 is 0 Å². The molecule has 1 aliphatic rings. The molecule has 1 aliphatic heterocycles. The average Bonchev–Trinajstić information content (AvgIpc) is 1.60. The molecule has 9 heavy (non-hydrogen) atoms. The molecule has 0 aliphatic carbocycles. The summed E-state index contributed by atoms with van der Waals surface area (Å²) < 4.78 is 0. The van der Waals surface area contributed by atoms with E-state index in [2.05, 4.69) is 5.32 Å². The highest BCUT2D eigenvalue weighted by Crippen LogP contribution is 2.11. The zero-order valence-corrected chi connectivity index (χ0v) is 5.77. The Morgan fingerprint density at radius 2 is 2.33 bits per heavy atom. The summed E-state index contributed by atoms with van der Waals surface area (Å²) in [5.41, 5.74) is -0.0359. The van der Waals surface area contributed by atoms with Gasteiger partial charge in [-0.2, -0.15) is 0 Å². The quantitative estimate of drug-likeness (QED) is 0.510. The van der Waals surface area contributed by atoms with Gasteiger partial charge in [0.05, 0.1) is 0 Å². The van der Waals surface area contributed by atoms with Gasteiger partial charge in [0.1, 0.15) is 0 Å². The van der Waals surface area contributed by atoms with E-state index in [1.807, 2.05) is 19.9 Å². The van der Waals surface area contributed by atoms with E-state index in [-0.39, 0.29) is 11.4 Å². The molecule has 50 valence electrons. The molecule has 0 bridgehead atoms. The molecule has 0 aromatic heterocycles. The van der Waals surface area contributed by atoms with Gasteiger partial charge in [0.2, 0.25) is 5.91 Å². The summed E-state index contributed by atoms with van der Waals surface area (Å²) >= 11 is 0. The van der Waals surface area contributed by atoms with E-state index >= 15 is 0 Å². The minimum absolute atomic E-state index is 0.0197. The van der Waals surface area contributed by atoms with Crippen LogP contribution in [0.15, 0.2) is 12.2 Å². The molecule has 0 saturated carbocycles. The Hall–Kier alpha value is -0.790. The fourth-order valence-electron chi connectivity index (χ4n) is 0.887. The molecule has 2 heteroatoms. The van der Waals surface area contributed by atoms with Crippen molar-refractivity contribution in [3.63, 3.8) is 0 Å². The van der Waals surface area contributed by atoms with Crippen LogP contribution in [0.5, 0.6) is 0 Å². The Labute approximate surface area is 54.9 Å². The number of hydrogen-bond donors (Lipinski definition) is 1. The molecule has 1 heterocycles. The second-order valence-electron chi connectivity index (χ2n) is 2.98. The van der Waals surface area contributed by atoms with Gasteiger partial charge in [-0.15, -0.1) is 0 Å². The lowest BCUT2D eigenvalue weighted by atomic mass is 9.98. The number of nitrogens with one attached hydrogen (secondary N) is 1. The fourth-order valence-corrected chi connectivity index (χ4v) is 0.887. The van der Waals surface area contributed by atoms with Gasteiger partial charge < -0.3 is 5.32 Å². The van der Waals surface area contributed by atoms with Crippen LogP contribution in [-0.2, 0) is 4.79 Å². The lowest BCUT2D eigenvalue weighted by Gasteiger charge is -2.26. The van der Waals surface area contributed by atoms with Crippen LogP contribution in [0.3, 0.4) is 0 Å². The zero-order valence-electron chi connectivity index (χ0n) is 5.77. The molecule has 0 aromatic carbocycles. The molecule has 0 fully saturated rings. The summed E-state index contributed by atoms with van der Waals surface area (Å²) in [6.45, 7) is 4.02. The maximum Gasteiger partial charge on any atom is 0.244 e. The SMILES string of the molecule is CC1(C)CC=CC(=O)N1. The summed E-state index contributed by atoms with van der Waals surface area (Å²) in [6.07, 6.45) is 4.41. The number of hydrogen-bond acceptors (Lipinski definition) is 1. The maximum absolute atomic E-state index is 10.7. The van der Waals surface area contributed by atoms with Crippen LogP contribution in [0, 0.1) is 0 Å². The first kappa shape index (κ1) is 6.33. The van der Waals surface area contributed by atoms with Gasteiger partial charge in [-0.05, 0) is 26.3 Å². The third-order valence-electron chi connectivity index (χ3n) is 1.36. The van der Waals surface area contributed by atoms with E-state index in [0.29, 0.717) is 0 Å². The van der Waals surface area contributed by atoms with Gasteiger partial charge >= 0.3 is 0 Å². The topological polar surface area (TPSA) is 29.1 Å². The van der Waals surface area contributed by atoms with Crippen molar-refractivity contribution in [2.75, 3.05) is 0 Å². The van der Waals surface area contributed by atoms with Gasteiger partial charge in [0, 0.05) is 5.54 Å². The number of amides is 1. The van der Waals surface area contributed by atoms with Crippen LogP contribution in [0.1, 0.15) is 20.3 Å². The molecular weight excluding hydrogens is 114 g/mol. The molecule has 1 rings (SSSR count). The van der Waals surface area contributed by atoms with Crippen molar-refractivity contribution in [3.05, 3.63) is 12.2 Å². The summed E-state index contributed by atoms with van der Waals surface area (Å²) in [5.74, 6) is 0.0197. The summed E-state index contributed by atoms with van der Waals surface area (Å²) in [5, 5.41) is 2.83. The Bertz CT molecular complexity index is 158. The minimum atomic E-state index is -0.0359. The van der Waals surface area contributed by atoms with Crippen LogP contribution in [0.25, 0.3) is 0 Å².